The van der Waals surface area contributed by atoms with Crippen LogP contribution in [0.1, 0.15) is 11.5 Å². The van der Waals surface area contributed by atoms with Gasteiger partial charge in [-0.25, -0.2) is 0 Å². The molecule has 16 heavy (non-hydrogen) atoms. The van der Waals surface area contributed by atoms with E-state index >= 15 is 0 Å². The van der Waals surface area contributed by atoms with Gasteiger partial charge in [0.1, 0.15) is 0 Å². The molecule has 0 aliphatic carbocycles. The van der Waals surface area contributed by atoms with Crippen LogP contribution < -0.4 is 11.1 Å². The quantitative estimate of drug-likeness (QED) is 0.904. The van der Waals surface area contributed by atoms with Gasteiger partial charge in [0.25, 0.3) is 0 Å². The highest BCUT2D eigenvalue weighted by Gasteiger charge is 2.05. The minimum Gasteiger partial charge on any atom is -0.406 e. The molecule has 2 aromatic rings. The smallest absolute Gasteiger partial charge is 0.320 e. The Morgan fingerprint density at radius 3 is 2.81 bits per heavy atom. The van der Waals surface area contributed by atoms with E-state index in [9.17, 15) is 0 Å². The van der Waals surface area contributed by atoms with Crippen molar-refractivity contribution in [3.8, 4) is 0 Å². The van der Waals surface area contributed by atoms with Crippen molar-refractivity contribution >= 4 is 27.6 Å². The third-order valence-corrected chi connectivity index (χ3v) is 2.39. The summed E-state index contributed by atoms with van der Waals surface area (Å²) in [6, 6.07) is 6.28. The van der Waals surface area contributed by atoms with Gasteiger partial charge in [0.2, 0.25) is 5.89 Å². The minimum absolute atomic E-state index is 0.242. The van der Waals surface area contributed by atoms with Crippen molar-refractivity contribution in [3.63, 3.8) is 0 Å². The highest BCUT2D eigenvalue weighted by Crippen LogP contribution is 2.21. The number of nitrogens with one attached hydrogen (secondary N) is 1. The summed E-state index contributed by atoms with van der Waals surface area (Å²) in [5, 5.41) is 10.6. The number of nitrogens with two attached hydrogens (primary N) is 1. The van der Waals surface area contributed by atoms with E-state index in [4.69, 9.17) is 10.2 Å². The van der Waals surface area contributed by atoms with Crippen LogP contribution >= 0.6 is 15.9 Å². The molecule has 0 aliphatic rings. The summed E-state index contributed by atoms with van der Waals surface area (Å²) in [5.41, 5.74) is 7.40. The van der Waals surface area contributed by atoms with Crippen molar-refractivity contribution in [2.24, 2.45) is 5.73 Å². The van der Waals surface area contributed by atoms with Gasteiger partial charge in [-0.1, -0.05) is 21.0 Å². The molecule has 0 amide bonds. The zero-order chi connectivity index (χ0) is 11.5. The topological polar surface area (TPSA) is 77.0 Å². The van der Waals surface area contributed by atoms with Crippen molar-refractivity contribution in [2.75, 3.05) is 5.32 Å². The zero-order valence-corrected chi connectivity index (χ0v) is 10.3. The van der Waals surface area contributed by atoms with Crippen molar-refractivity contribution < 1.29 is 4.42 Å². The van der Waals surface area contributed by atoms with Crippen LogP contribution in [0.25, 0.3) is 0 Å². The van der Waals surface area contributed by atoms with E-state index in [0.29, 0.717) is 11.9 Å². The van der Waals surface area contributed by atoms with Crippen LogP contribution in [0.4, 0.5) is 11.7 Å². The Kier molecular flexibility index (Phi) is 3.21. The number of aryl methyl sites for hydroxylation is 1. The largest absolute Gasteiger partial charge is 0.406 e. The van der Waals surface area contributed by atoms with Crippen molar-refractivity contribution in [2.45, 2.75) is 13.5 Å². The first kappa shape index (κ1) is 11.1. The molecule has 0 aliphatic heterocycles. The average molecular weight is 283 g/mol. The Hall–Kier alpha value is -1.40. The second kappa shape index (κ2) is 4.63. The number of nitrogens with zero attached hydrogens (tertiary/aromatic N) is 2. The molecule has 1 aromatic carbocycles. The highest BCUT2D eigenvalue weighted by atomic mass is 79.9. The minimum atomic E-state index is 0.242. The Balaban J connectivity index is 2.19. The van der Waals surface area contributed by atoms with Crippen LogP contribution in [0.5, 0.6) is 0 Å². The molecule has 84 valence electrons. The molecular weight excluding hydrogens is 272 g/mol. The summed E-state index contributed by atoms with van der Waals surface area (Å²) in [5.74, 6) is 0.411. The fourth-order valence-electron chi connectivity index (χ4n) is 1.32. The van der Waals surface area contributed by atoms with Crippen LogP contribution in [0.3, 0.4) is 0 Å². The van der Waals surface area contributed by atoms with E-state index < -0.39 is 0 Å². The molecule has 1 heterocycles. The summed E-state index contributed by atoms with van der Waals surface area (Å²) >= 11 is 3.42. The van der Waals surface area contributed by atoms with Gasteiger partial charge < -0.3 is 15.5 Å². The number of hydrogen-bond acceptors (Lipinski definition) is 5. The lowest BCUT2D eigenvalue weighted by molar-refractivity contribution is 0.511. The van der Waals surface area contributed by atoms with E-state index in [1.54, 1.807) is 0 Å². The van der Waals surface area contributed by atoms with Crippen LogP contribution in [0.2, 0.25) is 0 Å². The summed E-state index contributed by atoms with van der Waals surface area (Å²) in [7, 11) is 0. The SMILES string of the molecule is Cc1cc(Br)cc(Nc2nnc(CN)o2)c1. The van der Waals surface area contributed by atoms with Gasteiger partial charge in [0.15, 0.2) is 0 Å². The van der Waals surface area contributed by atoms with Crippen LogP contribution in [0.15, 0.2) is 27.1 Å². The maximum absolute atomic E-state index is 5.37. The summed E-state index contributed by atoms with van der Waals surface area (Å²) in [6.45, 7) is 2.25. The molecule has 0 radical (unpaired) electrons. The molecule has 3 N–H and O–H groups in total. The lowest BCUT2D eigenvalue weighted by atomic mass is 10.2. The van der Waals surface area contributed by atoms with Gasteiger partial charge in [-0.05, 0) is 30.7 Å². The molecule has 1 aromatic heterocycles. The van der Waals surface area contributed by atoms with E-state index in [0.717, 1.165) is 15.7 Å². The monoisotopic (exact) mass is 282 g/mol. The summed E-state index contributed by atoms with van der Waals surface area (Å²) < 4.78 is 6.24. The zero-order valence-electron chi connectivity index (χ0n) is 8.70. The molecule has 0 bridgehead atoms. The molecule has 2 rings (SSSR count). The molecule has 0 atom stereocenters. The van der Waals surface area contributed by atoms with Crippen LogP contribution in [-0.4, -0.2) is 10.2 Å². The van der Waals surface area contributed by atoms with Crippen molar-refractivity contribution in [1.82, 2.24) is 10.2 Å². The van der Waals surface area contributed by atoms with Crippen molar-refractivity contribution in [3.05, 3.63) is 34.1 Å². The first-order chi connectivity index (χ1) is 7.67. The highest BCUT2D eigenvalue weighted by molar-refractivity contribution is 9.10. The molecule has 0 saturated heterocycles. The lowest BCUT2D eigenvalue weighted by Crippen LogP contribution is -1.95. The van der Waals surface area contributed by atoms with E-state index in [1.165, 1.54) is 0 Å². The molecule has 0 spiro atoms. The third-order valence-electron chi connectivity index (χ3n) is 1.93. The fraction of sp³-hybridized carbons (Fsp3) is 0.200. The average Bonchev–Trinajstić information content (AvgIpc) is 2.64. The number of anilines is 2. The van der Waals surface area contributed by atoms with Gasteiger partial charge in [-0.2, -0.15) is 0 Å². The first-order valence-corrected chi connectivity index (χ1v) is 5.53. The number of benzene rings is 1. The molecule has 6 heteroatoms. The van der Waals surface area contributed by atoms with Gasteiger partial charge in [-0.15, -0.1) is 5.10 Å². The molecular formula is C10H11BrN4O. The van der Waals surface area contributed by atoms with Gasteiger partial charge in [0, 0.05) is 10.2 Å². The second-order valence-electron chi connectivity index (χ2n) is 3.35. The number of halogens is 1. The molecule has 5 nitrogen and oxygen atoms in total. The number of aromatic nitrogens is 2. The fourth-order valence-corrected chi connectivity index (χ4v) is 1.93. The van der Waals surface area contributed by atoms with E-state index in [-0.39, 0.29) is 6.54 Å². The number of hydrogen-bond donors (Lipinski definition) is 2. The van der Waals surface area contributed by atoms with Crippen molar-refractivity contribution in [1.29, 1.82) is 0 Å². The molecule has 0 fully saturated rings. The van der Waals surface area contributed by atoms with Crippen LogP contribution in [-0.2, 0) is 6.54 Å². The third kappa shape index (κ3) is 2.59. The molecule has 0 saturated carbocycles. The van der Waals surface area contributed by atoms with Gasteiger partial charge in [-0.3, -0.25) is 0 Å². The predicted molar refractivity (Wildman–Crippen MR) is 64.4 cm³/mol. The normalized spacial score (nSPS) is 10.4. The standard InChI is InChI=1S/C10H11BrN4O/c1-6-2-7(11)4-8(3-6)13-10-15-14-9(5-12)16-10/h2-4H,5,12H2,1H3,(H,13,15). The summed E-state index contributed by atoms with van der Waals surface area (Å²) in [6.07, 6.45) is 0. The van der Waals surface area contributed by atoms with E-state index in [1.807, 2.05) is 25.1 Å². The lowest BCUT2D eigenvalue weighted by Gasteiger charge is -2.03. The Morgan fingerprint density at radius 1 is 1.38 bits per heavy atom. The Bertz CT molecular complexity index is 477. The maximum Gasteiger partial charge on any atom is 0.320 e. The predicted octanol–water partition coefficient (Wildman–Crippen LogP) is 2.34. The van der Waals surface area contributed by atoms with Gasteiger partial charge in [0.05, 0.1) is 6.54 Å². The number of rotatable bonds is 3. The van der Waals surface area contributed by atoms with Gasteiger partial charge >= 0.3 is 6.01 Å². The first-order valence-electron chi connectivity index (χ1n) is 4.74. The Labute approximate surface area is 101 Å². The maximum atomic E-state index is 5.37. The van der Waals surface area contributed by atoms with E-state index in [2.05, 4.69) is 31.4 Å². The molecule has 0 unspecified atom stereocenters. The summed E-state index contributed by atoms with van der Waals surface area (Å²) in [4.78, 5) is 0. The second-order valence-corrected chi connectivity index (χ2v) is 4.26. The Morgan fingerprint density at radius 2 is 2.19 bits per heavy atom. The van der Waals surface area contributed by atoms with Crippen LogP contribution in [0, 0.1) is 6.92 Å².